The van der Waals surface area contributed by atoms with E-state index >= 15 is 0 Å². The Hall–Kier alpha value is -1.57. The number of hydrogen-bond acceptors (Lipinski definition) is 4. The van der Waals surface area contributed by atoms with Crippen molar-refractivity contribution in [3.05, 3.63) is 11.5 Å². The highest BCUT2D eigenvalue weighted by Gasteiger charge is 2.27. The van der Waals surface area contributed by atoms with Crippen molar-refractivity contribution < 1.29 is 23.1 Å². The van der Waals surface area contributed by atoms with Crippen LogP contribution >= 0.6 is 0 Å². The lowest BCUT2D eigenvalue weighted by Gasteiger charge is -2.28. The van der Waals surface area contributed by atoms with Gasteiger partial charge in [-0.1, -0.05) is 6.92 Å². The summed E-state index contributed by atoms with van der Waals surface area (Å²) < 4.78 is 22.4. The maximum Gasteiger partial charge on any atom is 0.323 e. The Balaban J connectivity index is 2.68. The van der Waals surface area contributed by atoms with Crippen LogP contribution in [0.1, 0.15) is 20.3 Å². The number of carboxylic acid groups (broad SMARTS) is 1. The van der Waals surface area contributed by atoms with Gasteiger partial charge in [0.05, 0.1) is 11.8 Å². The molecule has 108 valence electrons. The van der Waals surface area contributed by atoms with Crippen LogP contribution in [0, 0.1) is 0 Å². The summed E-state index contributed by atoms with van der Waals surface area (Å²) in [7, 11) is -3.25. The number of hydrogen-bond donors (Lipinski definition) is 2. The molecule has 0 saturated carbocycles. The zero-order valence-corrected chi connectivity index (χ0v) is 11.7. The average molecular weight is 290 g/mol. The molecule has 8 heteroatoms. The van der Waals surface area contributed by atoms with Crippen LogP contribution in [0.2, 0.25) is 0 Å². The number of rotatable bonds is 5. The molecule has 1 aliphatic heterocycles. The van der Waals surface area contributed by atoms with Gasteiger partial charge >= 0.3 is 12.0 Å². The standard InChI is InChI=1S/C11H18N2O5S/c1-3-8(2)13(6-10(14)15)11(16)12-9-4-5-19(17,18)7-9/h4-5,8-9H,3,6-7H2,1-2H3,(H,12,16)(H,14,15). The Morgan fingerprint density at radius 2 is 2.16 bits per heavy atom. The molecule has 0 fully saturated rings. The highest BCUT2D eigenvalue weighted by atomic mass is 32.2. The lowest BCUT2D eigenvalue weighted by molar-refractivity contribution is -0.138. The SMILES string of the molecule is CCC(C)N(CC(=O)O)C(=O)NC1C=CS(=O)(=O)C1. The first-order chi connectivity index (χ1) is 8.75. The van der Waals surface area contributed by atoms with E-state index in [9.17, 15) is 18.0 Å². The number of amides is 2. The summed E-state index contributed by atoms with van der Waals surface area (Å²) in [5.41, 5.74) is 0. The topological polar surface area (TPSA) is 104 Å². The third kappa shape index (κ3) is 4.55. The highest BCUT2D eigenvalue weighted by molar-refractivity contribution is 7.94. The van der Waals surface area contributed by atoms with Crippen molar-refractivity contribution in [1.29, 1.82) is 0 Å². The number of sulfone groups is 1. The molecule has 0 saturated heterocycles. The van der Waals surface area contributed by atoms with Crippen LogP contribution in [0.25, 0.3) is 0 Å². The summed E-state index contributed by atoms with van der Waals surface area (Å²) in [4.78, 5) is 23.9. The molecular formula is C11H18N2O5S. The number of urea groups is 1. The van der Waals surface area contributed by atoms with E-state index in [1.807, 2.05) is 6.92 Å². The molecule has 0 spiro atoms. The van der Waals surface area contributed by atoms with Crippen molar-refractivity contribution >= 4 is 21.8 Å². The molecule has 7 nitrogen and oxygen atoms in total. The molecule has 0 aromatic heterocycles. The molecule has 0 aliphatic carbocycles. The molecule has 2 N–H and O–H groups in total. The summed E-state index contributed by atoms with van der Waals surface area (Å²) in [5.74, 6) is -1.29. The monoisotopic (exact) mass is 290 g/mol. The van der Waals surface area contributed by atoms with Gasteiger partial charge in [0, 0.05) is 11.4 Å². The van der Waals surface area contributed by atoms with Crippen molar-refractivity contribution in [2.75, 3.05) is 12.3 Å². The number of nitrogens with zero attached hydrogens (tertiary/aromatic N) is 1. The van der Waals surface area contributed by atoms with Crippen LogP contribution in [0.3, 0.4) is 0 Å². The smallest absolute Gasteiger partial charge is 0.323 e. The van der Waals surface area contributed by atoms with E-state index in [0.29, 0.717) is 6.42 Å². The minimum atomic E-state index is -3.25. The molecule has 1 heterocycles. The van der Waals surface area contributed by atoms with Gasteiger partial charge < -0.3 is 15.3 Å². The van der Waals surface area contributed by atoms with Crippen molar-refractivity contribution in [3.8, 4) is 0 Å². The average Bonchev–Trinajstić information content (AvgIpc) is 2.64. The van der Waals surface area contributed by atoms with E-state index in [1.165, 1.54) is 11.0 Å². The summed E-state index contributed by atoms with van der Waals surface area (Å²) >= 11 is 0. The summed E-state index contributed by atoms with van der Waals surface area (Å²) in [5, 5.41) is 12.4. The van der Waals surface area contributed by atoms with Crippen molar-refractivity contribution in [3.63, 3.8) is 0 Å². The van der Waals surface area contributed by atoms with Crippen LogP contribution in [0.5, 0.6) is 0 Å². The van der Waals surface area contributed by atoms with Crippen molar-refractivity contribution in [1.82, 2.24) is 10.2 Å². The van der Waals surface area contributed by atoms with Crippen molar-refractivity contribution in [2.24, 2.45) is 0 Å². The van der Waals surface area contributed by atoms with Crippen LogP contribution in [0.4, 0.5) is 4.79 Å². The Morgan fingerprint density at radius 1 is 1.53 bits per heavy atom. The fourth-order valence-corrected chi connectivity index (χ4v) is 2.94. The molecule has 0 aromatic carbocycles. The fraction of sp³-hybridized carbons (Fsp3) is 0.636. The zero-order valence-electron chi connectivity index (χ0n) is 10.9. The molecule has 2 unspecified atom stereocenters. The van der Waals surface area contributed by atoms with E-state index in [2.05, 4.69) is 5.32 Å². The molecule has 0 radical (unpaired) electrons. The van der Waals surface area contributed by atoms with E-state index in [4.69, 9.17) is 5.11 Å². The van der Waals surface area contributed by atoms with Gasteiger partial charge in [-0.25, -0.2) is 13.2 Å². The number of nitrogens with one attached hydrogen (secondary N) is 1. The summed E-state index contributed by atoms with van der Waals surface area (Å²) in [6.07, 6.45) is 2.00. The second-order valence-electron chi connectivity index (χ2n) is 4.49. The van der Waals surface area contributed by atoms with Gasteiger partial charge in [0.15, 0.2) is 9.84 Å². The maximum absolute atomic E-state index is 12.0. The predicted molar refractivity (Wildman–Crippen MR) is 69.3 cm³/mol. The number of carboxylic acids is 1. The van der Waals surface area contributed by atoms with E-state index in [-0.39, 0.29) is 11.8 Å². The van der Waals surface area contributed by atoms with Crippen molar-refractivity contribution in [2.45, 2.75) is 32.4 Å². The highest BCUT2D eigenvalue weighted by Crippen LogP contribution is 2.10. The van der Waals surface area contributed by atoms with Gasteiger partial charge in [0.25, 0.3) is 0 Å². The van der Waals surface area contributed by atoms with Gasteiger partial charge in [-0.3, -0.25) is 4.79 Å². The first kappa shape index (κ1) is 15.5. The van der Waals surface area contributed by atoms with E-state index in [0.717, 1.165) is 5.41 Å². The van der Waals surface area contributed by atoms with Crippen LogP contribution in [-0.4, -0.2) is 54.8 Å². The number of aliphatic carboxylic acids is 1. The van der Waals surface area contributed by atoms with E-state index < -0.39 is 34.4 Å². The summed E-state index contributed by atoms with van der Waals surface area (Å²) in [6.45, 7) is 3.17. The second-order valence-corrected chi connectivity index (χ2v) is 6.42. The van der Waals surface area contributed by atoms with Gasteiger partial charge in [-0.2, -0.15) is 0 Å². The normalized spacial score (nSPS) is 21.9. The third-order valence-electron chi connectivity index (χ3n) is 2.93. The predicted octanol–water partition coefficient (Wildman–Crippen LogP) is 0.192. The lowest BCUT2D eigenvalue weighted by Crippen LogP contribution is -2.50. The zero-order chi connectivity index (χ0) is 14.6. The van der Waals surface area contributed by atoms with Gasteiger partial charge in [-0.05, 0) is 19.4 Å². The summed E-state index contributed by atoms with van der Waals surface area (Å²) in [6, 6.07) is -1.40. The van der Waals surface area contributed by atoms with Gasteiger partial charge in [0.1, 0.15) is 6.54 Å². The number of carbonyl (C=O) groups excluding carboxylic acids is 1. The molecule has 1 aliphatic rings. The Labute approximate surface area is 112 Å². The Bertz CT molecular complexity index is 485. The minimum Gasteiger partial charge on any atom is -0.480 e. The maximum atomic E-state index is 12.0. The molecule has 1 rings (SSSR count). The largest absolute Gasteiger partial charge is 0.480 e. The van der Waals surface area contributed by atoms with E-state index in [1.54, 1.807) is 6.92 Å². The lowest BCUT2D eigenvalue weighted by atomic mass is 10.2. The van der Waals surface area contributed by atoms with Crippen LogP contribution < -0.4 is 5.32 Å². The van der Waals surface area contributed by atoms with Crippen LogP contribution in [0.15, 0.2) is 11.5 Å². The second kappa shape index (κ2) is 6.05. The Kier molecular flexibility index (Phi) is 4.93. The number of carbonyl (C=O) groups is 2. The molecule has 19 heavy (non-hydrogen) atoms. The third-order valence-corrected chi connectivity index (χ3v) is 4.32. The first-order valence-corrected chi connectivity index (χ1v) is 7.66. The molecule has 0 aromatic rings. The van der Waals surface area contributed by atoms with Crippen LogP contribution in [-0.2, 0) is 14.6 Å². The Morgan fingerprint density at radius 3 is 2.58 bits per heavy atom. The molecule has 2 atom stereocenters. The molecule has 0 bridgehead atoms. The van der Waals surface area contributed by atoms with Gasteiger partial charge in [0.2, 0.25) is 0 Å². The molecule has 2 amide bonds. The minimum absolute atomic E-state index is 0.180. The van der Waals surface area contributed by atoms with Gasteiger partial charge in [-0.15, -0.1) is 0 Å². The quantitative estimate of drug-likeness (QED) is 0.752. The molecular weight excluding hydrogens is 272 g/mol. The fourth-order valence-electron chi connectivity index (χ4n) is 1.70. The first-order valence-electron chi connectivity index (χ1n) is 5.95.